The Labute approximate surface area is 174 Å². The molecule has 0 spiro atoms. The zero-order valence-electron chi connectivity index (χ0n) is 17.8. The van der Waals surface area contributed by atoms with E-state index in [1.165, 1.54) is 5.56 Å². The number of ether oxygens (including phenoxy) is 2. The molecule has 5 heteroatoms. The van der Waals surface area contributed by atoms with E-state index in [9.17, 15) is 9.90 Å². The molecule has 2 aromatic rings. The SMILES string of the molecule is COCOc1c([Se]c2cccc(C(=O)O)c2)cc(C(C)(C)C)cc1C(C)(C)C. The number of hydrogen-bond donors (Lipinski definition) is 1. The fraction of sp³-hybridized carbons (Fsp3) is 0.435. The van der Waals surface area contributed by atoms with Crippen LogP contribution in [0, 0.1) is 0 Å². The van der Waals surface area contributed by atoms with Gasteiger partial charge in [0.15, 0.2) is 0 Å². The molecule has 0 bridgehead atoms. The molecule has 0 atom stereocenters. The summed E-state index contributed by atoms with van der Waals surface area (Å²) in [7, 11) is 1.61. The van der Waals surface area contributed by atoms with Gasteiger partial charge in [-0.1, -0.05) is 0 Å². The van der Waals surface area contributed by atoms with Gasteiger partial charge in [-0.2, -0.15) is 0 Å². The summed E-state index contributed by atoms with van der Waals surface area (Å²) >= 11 is -0.101. The summed E-state index contributed by atoms with van der Waals surface area (Å²) in [6.07, 6.45) is 0. The maximum atomic E-state index is 11.4. The number of methoxy groups -OCH3 is 1. The van der Waals surface area contributed by atoms with E-state index in [1.807, 2.05) is 6.07 Å². The van der Waals surface area contributed by atoms with Crippen molar-refractivity contribution in [2.24, 2.45) is 0 Å². The van der Waals surface area contributed by atoms with Crippen molar-refractivity contribution >= 4 is 29.8 Å². The van der Waals surface area contributed by atoms with E-state index in [1.54, 1.807) is 25.3 Å². The Kier molecular flexibility index (Phi) is 6.97. The van der Waals surface area contributed by atoms with Crippen molar-refractivity contribution in [1.82, 2.24) is 0 Å². The summed E-state index contributed by atoms with van der Waals surface area (Å²) < 4.78 is 13.3. The third-order valence-electron chi connectivity index (χ3n) is 4.36. The minimum absolute atomic E-state index is 0.00642. The number of rotatable bonds is 6. The van der Waals surface area contributed by atoms with E-state index in [0.717, 1.165) is 20.2 Å². The van der Waals surface area contributed by atoms with Gasteiger partial charge in [-0.05, 0) is 0 Å². The van der Waals surface area contributed by atoms with E-state index in [4.69, 9.17) is 9.47 Å². The van der Waals surface area contributed by atoms with Crippen molar-refractivity contribution in [2.45, 2.75) is 52.4 Å². The van der Waals surface area contributed by atoms with Gasteiger partial charge < -0.3 is 0 Å². The zero-order valence-corrected chi connectivity index (χ0v) is 19.5. The van der Waals surface area contributed by atoms with Gasteiger partial charge in [-0.3, -0.25) is 0 Å². The molecule has 2 rings (SSSR count). The molecule has 28 heavy (non-hydrogen) atoms. The Hall–Kier alpha value is -1.81. The number of carboxylic acids is 1. The molecular weight excluding hydrogens is 419 g/mol. The van der Waals surface area contributed by atoms with Crippen molar-refractivity contribution in [3.63, 3.8) is 0 Å². The third kappa shape index (κ3) is 5.60. The predicted octanol–water partition coefficient (Wildman–Crippen LogP) is 3.62. The van der Waals surface area contributed by atoms with E-state index in [2.05, 4.69) is 53.7 Å². The van der Waals surface area contributed by atoms with Crippen molar-refractivity contribution in [2.75, 3.05) is 13.9 Å². The Balaban J connectivity index is 2.64. The molecule has 0 amide bonds. The number of carbonyl (C=O) groups is 1. The van der Waals surface area contributed by atoms with E-state index in [0.29, 0.717) is 5.56 Å². The van der Waals surface area contributed by atoms with Crippen LogP contribution in [0.3, 0.4) is 0 Å². The van der Waals surface area contributed by atoms with Crippen LogP contribution in [0.25, 0.3) is 0 Å². The fourth-order valence-corrected chi connectivity index (χ4v) is 4.92. The molecule has 2 aromatic carbocycles. The van der Waals surface area contributed by atoms with Crippen LogP contribution in [-0.2, 0) is 15.6 Å². The minimum atomic E-state index is -0.910. The number of benzene rings is 2. The van der Waals surface area contributed by atoms with Gasteiger partial charge in [-0.25, -0.2) is 0 Å². The molecule has 0 aromatic heterocycles. The van der Waals surface area contributed by atoms with Crippen molar-refractivity contribution < 1.29 is 19.4 Å². The molecule has 0 heterocycles. The molecule has 1 N–H and O–H groups in total. The molecule has 0 unspecified atom stereocenters. The molecule has 0 fully saturated rings. The Morgan fingerprint density at radius 3 is 2.25 bits per heavy atom. The quantitative estimate of drug-likeness (QED) is 0.541. The van der Waals surface area contributed by atoms with Gasteiger partial charge in [0.1, 0.15) is 0 Å². The summed E-state index contributed by atoms with van der Waals surface area (Å²) in [5, 5.41) is 9.31. The van der Waals surface area contributed by atoms with E-state index in [-0.39, 0.29) is 32.6 Å². The van der Waals surface area contributed by atoms with Crippen LogP contribution in [0.4, 0.5) is 0 Å². The van der Waals surface area contributed by atoms with Gasteiger partial charge >= 0.3 is 174 Å². The first-order valence-electron chi connectivity index (χ1n) is 9.25. The zero-order chi connectivity index (χ0) is 21.1. The van der Waals surface area contributed by atoms with Gasteiger partial charge in [0.25, 0.3) is 0 Å². The Morgan fingerprint density at radius 2 is 1.71 bits per heavy atom. The van der Waals surface area contributed by atoms with Gasteiger partial charge in [-0.15, -0.1) is 0 Å². The molecule has 0 aliphatic rings. The predicted molar refractivity (Wildman–Crippen MR) is 115 cm³/mol. The number of aromatic carboxylic acids is 1. The van der Waals surface area contributed by atoms with Crippen LogP contribution < -0.4 is 13.7 Å². The summed E-state index contributed by atoms with van der Waals surface area (Å²) in [5.74, 6) is -0.0598. The molecular formula is C23H30O4Se. The second-order valence-corrected chi connectivity index (χ2v) is 11.2. The molecule has 4 nitrogen and oxygen atoms in total. The van der Waals surface area contributed by atoms with Crippen molar-refractivity contribution in [3.05, 3.63) is 53.1 Å². The maximum absolute atomic E-state index is 11.4. The van der Waals surface area contributed by atoms with Crippen LogP contribution >= 0.6 is 0 Å². The molecule has 0 radical (unpaired) electrons. The van der Waals surface area contributed by atoms with Crippen LogP contribution in [0.1, 0.15) is 63.0 Å². The fourth-order valence-electron chi connectivity index (χ4n) is 2.75. The summed E-state index contributed by atoms with van der Waals surface area (Å²) in [4.78, 5) is 11.4. The van der Waals surface area contributed by atoms with Crippen LogP contribution in [0.5, 0.6) is 5.75 Å². The normalized spacial score (nSPS) is 12.1. The number of hydrogen-bond acceptors (Lipinski definition) is 3. The third-order valence-corrected chi connectivity index (χ3v) is 6.48. The number of carboxylic acid groups (broad SMARTS) is 1. The molecule has 0 saturated heterocycles. The van der Waals surface area contributed by atoms with Gasteiger partial charge in [0.05, 0.1) is 0 Å². The van der Waals surface area contributed by atoms with E-state index >= 15 is 0 Å². The second-order valence-electron chi connectivity index (χ2n) is 8.84. The summed E-state index contributed by atoms with van der Waals surface area (Å²) in [6, 6.07) is 11.6. The Morgan fingerprint density at radius 1 is 1.04 bits per heavy atom. The molecule has 0 aliphatic carbocycles. The average Bonchev–Trinajstić information content (AvgIpc) is 2.58. The topological polar surface area (TPSA) is 55.8 Å². The van der Waals surface area contributed by atoms with Gasteiger partial charge in [0.2, 0.25) is 0 Å². The monoisotopic (exact) mass is 450 g/mol. The van der Waals surface area contributed by atoms with Crippen LogP contribution in [0.2, 0.25) is 0 Å². The molecule has 0 saturated carbocycles. The van der Waals surface area contributed by atoms with Gasteiger partial charge in [0, 0.05) is 0 Å². The standard InChI is InChI=1S/C23H30O4Se/c1-22(2,3)16-12-18(23(4,5)6)20(27-14-26-7)19(13-16)28-17-10-8-9-15(11-17)21(24)25/h8-13H,14H2,1-7H3,(H,24,25). The van der Waals surface area contributed by atoms with E-state index < -0.39 is 5.97 Å². The summed E-state index contributed by atoms with van der Waals surface area (Å²) in [5.41, 5.74) is 2.59. The average molecular weight is 449 g/mol. The first-order chi connectivity index (χ1) is 12.9. The molecule has 152 valence electrons. The van der Waals surface area contributed by atoms with Crippen LogP contribution in [0.15, 0.2) is 36.4 Å². The van der Waals surface area contributed by atoms with Crippen molar-refractivity contribution in [1.29, 1.82) is 0 Å². The van der Waals surface area contributed by atoms with Crippen LogP contribution in [-0.4, -0.2) is 39.9 Å². The molecule has 0 aliphatic heterocycles. The second kappa shape index (κ2) is 8.69. The summed E-state index contributed by atoms with van der Waals surface area (Å²) in [6.45, 7) is 13.3. The first-order valence-corrected chi connectivity index (χ1v) is 11.0. The Bertz CT molecular complexity index is 845. The van der Waals surface area contributed by atoms with Crippen molar-refractivity contribution in [3.8, 4) is 5.75 Å². The first kappa shape index (κ1) is 22.5.